The summed E-state index contributed by atoms with van der Waals surface area (Å²) in [5.74, 6) is 0.100. The topological polar surface area (TPSA) is 55.4 Å². The van der Waals surface area contributed by atoms with Crippen molar-refractivity contribution < 1.29 is 14.3 Å². The molecule has 0 atom stereocenters. The summed E-state index contributed by atoms with van der Waals surface area (Å²) in [5.41, 5.74) is 2.41. The van der Waals surface area contributed by atoms with Gasteiger partial charge in [0.25, 0.3) is 5.91 Å². The molecule has 0 aliphatic carbocycles. The molecule has 0 aromatic heterocycles. The smallest absolute Gasteiger partial charge is 0.338 e. The highest BCUT2D eigenvalue weighted by atomic mass is 32.2. The highest BCUT2D eigenvalue weighted by Gasteiger charge is 2.22. The van der Waals surface area contributed by atoms with Gasteiger partial charge in [0.15, 0.2) is 0 Å². The van der Waals surface area contributed by atoms with Crippen LogP contribution >= 0.6 is 35.7 Å². The molecule has 1 aliphatic heterocycles. The lowest BCUT2D eigenvalue weighted by Gasteiger charge is -2.09. The van der Waals surface area contributed by atoms with E-state index in [0.29, 0.717) is 20.5 Å². The van der Waals surface area contributed by atoms with Crippen molar-refractivity contribution in [3.63, 3.8) is 0 Å². The Balaban J connectivity index is 1.82. The number of hydrogen-bond donors (Lipinski definition) is 1. The van der Waals surface area contributed by atoms with Crippen molar-refractivity contribution in [1.82, 2.24) is 5.32 Å². The van der Waals surface area contributed by atoms with E-state index in [1.165, 1.54) is 18.9 Å². The van der Waals surface area contributed by atoms with E-state index in [1.807, 2.05) is 48.5 Å². The number of benzene rings is 2. The average Bonchev–Trinajstić information content (AvgIpc) is 2.97. The first-order valence-electron chi connectivity index (χ1n) is 7.71. The van der Waals surface area contributed by atoms with Crippen LogP contribution in [-0.4, -0.2) is 23.3 Å². The highest BCUT2D eigenvalue weighted by Crippen LogP contribution is 2.32. The van der Waals surface area contributed by atoms with Gasteiger partial charge in [-0.05, 0) is 29.3 Å². The molecule has 0 saturated carbocycles. The summed E-state index contributed by atoms with van der Waals surface area (Å²) in [6.07, 6.45) is 1.84. The maximum atomic E-state index is 11.9. The van der Waals surface area contributed by atoms with E-state index in [1.54, 1.807) is 17.8 Å². The maximum absolute atomic E-state index is 11.9. The van der Waals surface area contributed by atoms with E-state index in [9.17, 15) is 9.59 Å². The molecule has 2 aromatic carbocycles. The molecule has 1 amide bonds. The maximum Gasteiger partial charge on any atom is 0.338 e. The lowest BCUT2D eigenvalue weighted by Crippen LogP contribution is -2.17. The minimum absolute atomic E-state index is 0.171. The summed E-state index contributed by atoms with van der Waals surface area (Å²) in [4.78, 5) is 25.4. The molecule has 132 valence electrons. The van der Waals surface area contributed by atoms with Gasteiger partial charge < -0.3 is 10.1 Å². The fraction of sp³-hybridized carbons (Fsp3) is 0.105. The van der Waals surface area contributed by atoms with Crippen molar-refractivity contribution in [3.8, 4) is 0 Å². The lowest BCUT2D eigenvalue weighted by atomic mass is 10.1. The number of thiocarbonyl (C=S) groups is 1. The lowest BCUT2D eigenvalue weighted by molar-refractivity contribution is -0.115. The van der Waals surface area contributed by atoms with Gasteiger partial charge in [-0.2, -0.15) is 0 Å². The molecule has 1 heterocycles. The zero-order chi connectivity index (χ0) is 18.5. The van der Waals surface area contributed by atoms with Gasteiger partial charge in [0.05, 0.1) is 17.6 Å². The Labute approximate surface area is 165 Å². The van der Waals surface area contributed by atoms with Crippen molar-refractivity contribution in [2.75, 3.05) is 7.11 Å². The summed E-state index contributed by atoms with van der Waals surface area (Å²) in [6.45, 7) is 0. The van der Waals surface area contributed by atoms with Crippen LogP contribution in [0.5, 0.6) is 0 Å². The van der Waals surface area contributed by atoms with Gasteiger partial charge in [-0.1, -0.05) is 60.4 Å². The molecule has 1 fully saturated rings. The van der Waals surface area contributed by atoms with E-state index in [4.69, 9.17) is 17.0 Å². The highest BCUT2D eigenvalue weighted by molar-refractivity contribution is 8.26. The fourth-order valence-corrected chi connectivity index (χ4v) is 4.47. The minimum Gasteiger partial charge on any atom is -0.465 e. The first kappa shape index (κ1) is 18.7. The van der Waals surface area contributed by atoms with Crippen LogP contribution in [0.3, 0.4) is 0 Å². The van der Waals surface area contributed by atoms with Gasteiger partial charge in [0.2, 0.25) is 0 Å². The molecule has 2 aromatic rings. The molecule has 0 radical (unpaired) electrons. The summed E-state index contributed by atoms with van der Waals surface area (Å²) in [5, 5.41) is 2.62. The van der Waals surface area contributed by atoms with Crippen molar-refractivity contribution in [2.24, 2.45) is 0 Å². The first-order valence-corrected chi connectivity index (χ1v) is 9.92. The molecule has 1 N–H and O–H groups in total. The molecule has 7 heteroatoms. The van der Waals surface area contributed by atoms with Crippen LogP contribution in [0.1, 0.15) is 21.5 Å². The number of amides is 1. The molecule has 4 nitrogen and oxygen atoms in total. The van der Waals surface area contributed by atoms with Gasteiger partial charge in [0, 0.05) is 10.6 Å². The molecular weight excluding hydrogens is 386 g/mol. The van der Waals surface area contributed by atoms with Crippen LogP contribution in [-0.2, 0) is 15.3 Å². The number of rotatable bonds is 5. The van der Waals surface area contributed by atoms with Crippen molar-refractivity contribution >= 4 is 58.0 Å². The second kappa shape index (κ2) is 8.53. The summed E-state index contributed by atoms with van der Waals surface area (Å²) < 4.78 is 5.32. The third-order valence-corrected chi connectivity index (χ3v) is 5.95. The number of nitrogens with one attached hydrogen (secondary N) is 1. The zero-order valence-corrected chi connectivity index (χ0v) is 16.3. The van der Waals surface area contributed by atoms with Crippen LogP contribution in [0.2, 0.25) is 0 Å². The largest absolute Gasteiger partial charge is 0.465 e. The van der Waals surface area contributed by atoms with E-state index in [0.717, 1.165) is 16.0 Å². The van der Waals surface area contributed by atoms with Gasteiger partial charge in [-0.15, -0.1) is 11.8 Å². The Hall–Kier alpha value is -2.09. The van der Waals surface area contributed by atoms with Crippen LogP contribution in [0.25, 0.3) is 6.08 Å². The van der Waals surface area contributed by atoms with E-state index < -0.39 is 0 Å². The van der Waals surface area contributed by atoms with Crippen molar-refractivity contribution in [1.29, 1.82) is 0 Å². The predicted octanol–water partition coefficient (Wildman–Crippen LogP) is 4.25. The average molecular weight is 402 g/mol. The molecule has 0 unspecified atom stereocenters. The number of methoxy groups -OCH3 is 1. The summed E-state index contributed by atoms with van der Waals surface area (Å²) in [6, 6.07) is 15.2. The first-order chi connectivity index (χ1) is 12.6. The molecule has 3 rings (SSSR count). The van der Waals surface area contributed by atoms with Crippen LogP contribution in [0.15, 0.2) is 58.3 Å². The van der Waals surface area contributed by atoms with Crippen LogP contribution in [0.4, 0.5) is 0 Å². The molecule has 0 spiro atoms. The second-order valence-electron chi connectivity index (χ2n) is 5.33. The molecule has 26 heavy (non-hydrogen) atoms. The Morgan fingerprint density at radius 3 is 2.69 bits per heavy atom. The van der Waals surface area contributed by atoms with Gasteiger partial charge in [-0.25, -0.2) is 4.79 Å². The molecule has 1 saturated heterocycles. The van der Waals surface area contributed by atoms with Crippen LogP contribution in [0, 0.1) is 0 Å². The third kappa shape index (κ3) is 4.35. The molecular formula is C19H15NO3S3. The second-order valence-corrected chi connectivity index (χ2v) is 8.06. The zero-order valence-electron chi connectivity index (χ0n) is 13.9. The fourth-order valence-electron chi connectivity index (χ4n) is 2.40. The van der Waals surface area contributed by atoms with Gasteiger partial charge >= 0.3 is 5.97 Å². The quantitative estimate of drug-likeness (QED) is 0.350. The SMILES string of the molecule is COC(=O)c1ccccc1CSc1ccccc1C=C1SC(=S)NC1=O. The monoisotopic (exact) mass is 401 g/mol. The van der Waals surface area contributed by atoms with Gasteiger partial charge in [0.1, 0.15) is 4.32 Å². The molecule has 0 bridgehead atoms. The Morgan fingerprint density at radius 2 is 1.96 bits per heavy atom. The van der Waals surface area contributed by atoms with E-state index >= 15 is 0 Å². The van der Waals surface area contributed by atoms with Crippen molar-refractivity contribution in [3.05, 3.63) is 70.1 Å². The minimum atomic E-state index is -0.343. The van der Waals surface area contributed by atoms with E-state index in [-0.39, 0.29) is 11.9 Å². The number of carbonyl (C=O) groups is 2. The summed E-state index contributed by atoms with van der Waals surface area (Å²) >= 11 is 7.89. The molecule has 1 aliphatic rings. The number of esters is 1. The van der Waals surface area contributed by atoms with E-state index in [2.05, 4.69) is 5.32 Å². The standard InChI is InChI=1S/C19H15NO3S3/c1-23-18(22)14-8-4-2-7-13(14)11-25-15-9-5-3-6-12(15)10-16-17(21)20-19(24)26-16/h2-10H,11H2,1H3,(H,20,21,24). The number of hydrogen-bond acceptors (Lipinski definition) is 6. The van der Waals surface area contributed by atoms with Crippen molar-refractivity contribution in [2.45, 2.75) is 10.6 Å². The Kier molecular flexibility index (Phi) is 6.13. The number of carbonyl (C=O) groups excluding carboxylic acids is 2. The Bertz CT molecular complexity index is 908. The van der Waals surface area contributed by atoms with Crippen LogP contribution < -0.4 is 5.32 Å². The van der Waals surface area contributed by atoms with Gasteiger partial charge in [-0.3, -0.25) is 4.79 Å². The Morgan fingerprint density at radius 1 is 1.23 bits per heavy atom. The predicted molar refractivity (Wildman–Crippen MR) is 110 cm³/mol. The number of ether oxygens (including phenoxy) is 1. The third-order valence-electron chi connectivity index (χ3n) is 3.65. The normalized spacial score (nSPS) is 15.2. The summed E-state index contributed by atoms with van der Waals surface area (Å²) in [7, 11) is 1.38. The number of thioether (sulfide) groups is 2.